The van der Waals surface area contributed by atoms with E-state index in [0.29, 0.717) is 17.9 Å². The number of hydrogen-bond acceptors (Lipinski definition) is 1. The van der Waals surface area contributed by atoms with E-state index in [0.717, 1.165) is 6.42 Å². The van der Waals surface area contributed by atoms with Gasteiger partial charge in [-0.3, -0.25) is 4.79 Å². The number of halogens is 1. The maximum Gasteiger partial charge on any atom is 0.310 e. The van der Waals surface area contributed by atoms with Crippen LogP contribution in [-0.2, 0) is 4.79 Å². The first-order valence-electron chi connectivity index (χ1n) is 7.15. The van der Waals surface area contributed by atoms with Gasteiger partial charge in [0, 0.05) is 0 Å². The molecule has 0 saturated heterocycles. The van der Waals surface area contributed by atoms with Gasteiger partial charge < -0.3 is 5.11 Å². The van der Waals surface area contributed by atoms with E-state index < -0.39 is 11.9 Å². The molecule has 1 aromatic carbocycles. The molecule has 1 fully saturated rings. The van der Waals surface area contributed by atoms with Crippen LogP contribution in [0.25, 0.3) is 0 Å². The topological polar surface area (TPSA) is 37.3 Å². The molecule has 1 aliphatic rings. The van der Waals surface area contributed by atoms with Gasteiger partial charge in [-0.1, -0.05) is 44.2 Å². The molecule has 1 unspecified atom stereocenters. The summed E-state index contributed by atoms with van der Waals surface area (Å²) in [7, 11) is 0. The molecule has 3 heteroatoms. The lowest BCUT2D eigenvalue weighted by Crippen LogP contribution is -2.14. The van der Waals surface area contributed by atoms with E-state index in [-0.39, 0.29) is 5.82 Å². The minimum Gasteiger partial charge on any atom is -0.481 e. The summed E-state index contributed by atoms with van der Waals surface area (Å²) in [5, 5.41) is 9.33. The monoisotopic (exact) mass is 264 g/mol. The summed E-state index contributed by atoms with van der Waals surface area (Å²) >= 11 is 0. The Balaban J connectivity index is 1.96. The van der Waals surface area contributed by atoms with Crippen LogP contribution in [0.5, 0.6) is 0 Å². The first-order valence-corrected chi connectivity index (χ1v) is 7.15. The highest BCUT2D eigenvalue weighted by molar-refractivity contribution is 5.75. The van der Waals surface area contributed by atoms with Crippen molar-refractivity contribution in [3.05, 3.63) is 35.6 Å². The van der Waals surface area contributed by atoms with Crippen molar-refractivity contribution < 1.29 is 14.3 Å². The molecule has 0 aliphatic heterocycles. The normalized spacial score (nSPS) is 18.2. The molecule has 0 aromatic heterocycles. The van der Waals surface area contributed by atoms with Crippen molar-refractivity contribution >= 4 is 5.97 Å². The summed E-state index contributed by atoms with van der Waals surface area (Å²) in [6, 6.07) is 5.86. The second-order valence-electron chi connectivity index (χ2n) is 5.52. The highest BCUT2D eigenvalue weighted by Gasteiger charge is 2.22. The van der Waals surface area contributed by atoms with Gasteiger partial charge in [0.25, 0.3) is 0 Å². The number of carboxylic acid groups (broad SMARTS) is 1. The number of carboxylic acids is 1. The molecular weight excluding hydrogens is 243 g/mol. The smallest absolute Gasteiger partial charge is 0.310 e. The van der Waals surface area contributed by atoms with Crippen LogP contribution >= 0.6 is 0 Å². The fraction of sp³-hybridized carbons (Fsp3) is 0.562. The van der Waals surface area contributed by atoms with Crippen LogP contribution in [0.1, 0.15) is 56.4 Å². The van der Waals surface area contributed by atoms with Crippen LogP contribution in [0.4, 0.5) is 4.39 Å². The van der Waals surface area contributed by atoms with E-state index in [4.69, 9.17) is 0 Å². The first-order chi connectivity index (χ1) is 9.16. The van der Waals surface area contributed by atoms with Crippen LogP contribution in [0, 0.1) is 11.7 Å². The Hall–Kier alpha value is -1.38. The SMILES string of the molecule is O=C(O)C(CCC1CCCCC1)c1ccc(F)cc1. The van der Waals surface area contributed by atoms with Gasteiger partial charge in [-0.25, -0.2) is 4.39 Å². The lowest BCUT2D eigenvalue weighted by molar-refractivity contribution is -0.139. The van der Waals surface area contributed by atoms with E-state index in [9.17, 15) is 14.3 Å². The molecule has 1 N–H and O–H groups in total. The zero-order valence-electron chi connectivity index (χ0n) is 11.1. The summed E-state index contributed by atoms with van der Waals surface area (Å²) in [5.74, 6) is -0.943. The highest BCUT2D eigenvalue weighted by Crippen LogP contribution is 2.31. The molecule has 0 heterocycles. The van der Waals surface area contributed by atoms with Crippen LogP contribution in [-0.4, -0.2) is 11.1 Å². The minimum absolute atomic E-state index is 0.319. The van der Waals surface area contributed by atoms with E-state index in [1.165, 1.54) is 44.2 Å². The fourth-order valence-electron chi connectivity index (χ4n) is 3.01. The summed E-state index contributed by atoms with van der Waals surface area (Å²) in [4.78, 5) is 11.4. The average molecular weight is 264 g/mol. The fourth-order valence-corrected chi connectivity index (χ4v) is 3.01. The zero-order valence-corrected chi connectivity index (χ0v) is 11.1. The third kappa shape index (κ3) is 4.05. The van der Waals surface area contributed by atoms with Crippen LogP contribution in [0.2, 0.25) is 0 Å². The Morgan fingerprint density at radius 1 is 1.21 bits per heavy atom. The maximum absolute atomic E-state index is 12.9. The zero-order chi connectivity index (χ0) is 13.7. The highest BCUT2D eigenvalue weighted by atomic mass is 19.1. The second kappa shape index (κ2) is 6.69. The van der Waals surface area contributed by atoms with Gasteiger partial charge in [-0.05, 0) is 36.5 Å². The number of aliphatic carboxylic acids is 1. The molecule has 2 nitrogen and oxygen atoms in total. The molecule has 19 heavy (non-hydrogen) atoms. The van der Waals surface area contributed by atoms with E-state index in [1.54, 1.807) is 12.1 Å². The second-order valence-corrected chi connectivity index (χ2v) is 5.52. The number of carbonyl (C=O) groups is 1. The number of benzene rings is 1. The molecule has 2 rings (SSSR count). The van der Waals surface area contributed by atoms with Crippen molar-refractivity contribution in [2.24, 2.45) is 5.92 Å². The molecule has 0 amide bonds. The van der Waals surface area contributed by atoms with Crippen molar-refractivity contribution in [2.75, 3.05) is 0 Å². The van der Waals surface area contributed by atoms with Gasteiger partial charge in [0.2, 0.25) is 0 Å². The molecule has 0 spiro atoms. The van der Waals surface area contributed by atoms with Crippen LogP contribution in [0.15, 0.2) is 24.3 Å². The maximum atomic E-state index is 12.9. The molecule has 1 aliphatic carbocycles. The lowest BCUT2D eigenvalue weighted by Gasteiger charge is -2.23. The van der Waals surface area contributed by atoms with Gasteiger partial charge in [0.1, 0.15) is 5.82 Å². The third-order valence-electron chi connectivity index (χ3n) is 4.16. The molecule has 1 aromatic rings. The molecule has 0 radical (unpaired) electrons. The average Bonchev–Trinajstić information content (AvgIpc) is 2.42. The summed E-state index contributed by atoms with van der Waals surface area (Å²) in [6.45, 7) is 0. The Morgan fingerprint density at radius 2 is 1.84 bits per heavy atom. The molecular formula is C16H21FO2. The van der Waals surface area contributed by atoms with E-state index in [2.05, 4.69) is 0 Å². The van der Waals surface area contributed by atoms with Crippen molar-refractivity contribution in [3.63, 3.8) is 0 Å². The molecule has 1 saturated carbocycles. The Morgan fingerprint density at radius 3 is 2.42 bits per heavy atom. The molecule has 104 valence electrons. The quantitative estimate of drug-likeness (QED) is 0.858. The van der Waals surface area contributed by atoms with Gasteiger partial charge in [0.15, 0.2) is 0 Å². The summed E-state index contributed by atoms with van der Waals surface area (Å²) in [6.07, 6.45) is 7.96. The van der Waals surface area contributed by atoms with Crippen molar-refractivity contribution in [1.29, 1.82) is 0 Å². The summed E-state index contributed by atoms with van der Waals surface area (Å²) in [5.41, 5.74) is 0.713. The Kier molecular flexibility index (Phi) is 4.94. The van der Waals surface area contributed by atoms with E-state index in [1.807, 2.05) is 0 Å². The Bertz CT molecular complexity index is 407. The largest absolute Gasteiger partial charge is 0.481 e. The third-order valence-corrected chi connectivity index (χ3v) is 4.16. The van der Waals surface area contributed by atoms with Gasteiger partial charge in [-0.2, -0.15) is 0 Å². The number of hydrogen-bond donors (Lipinski definition) is 1. The van der Waals surface area contributed by atoms with Gasteiger partial charge >= 0.3 is 5.97 Å². The van der Waals surface area contributed by atoms with Crippen LogP contribution in [0.3, 0.4) is 0 Å². The van der Waals surface area contributed by atoms with Gasteiger partial charge in [-0.15, -0.1) is 0 Å². The van der Waals surface area contributed by atoms with Gasteiger partial charge in [0.05, 0.1) is 5.92 Å². The van der Waals surface area contributed by atoms with Crippen molar-refractivity contribution in [2.45, 2.75) is 50.9 Å². The minimum atomic E-state index is -0.803. The molecule has 0 bridgehead atoms. The lowest BCUT2D eigenvalue weighted by atomic mass is 9.83. The van der Waals surface area contributed by atoms with Crippen LogP contribution < -0.4 is 0 Å². The standard InChI is InChI=1S/C16H21FO2/c17-14-9-7-13(8-10-14)15(16(18)19)11-6-12-4-2-1-3-5-12/h7-10,12,15H,1-6,11H2,(H,18,19). The first kappa shape index (κ1) is 14.0. The van der Waals surface area contributed by atoms with Crippen molar-refractivity contribution in [1.82, 2.24) is 0 Å². The Labute approximate surface area is 113 Å². The predicted octanol–water partition coefficient (Wildman–Crippen LogP) is 4.35. The van der Waals surface area contributed by atoms with E-state index >= 15 is 0 Å². The predicted molar refractivity (Wildman–Crippen MR) is 72.6 cm³/mol. The molecule has 1 atom stereocenters. The summed E-state index contributed by atoms with van der Waals surface area (Å²) < 4.78 is 12.9. The van der Waals surface area contributed by atoms with Crippen molar-refractivity contribution in [3.8, 4) is 0 Å². The number of rotatable bonds is 5.